The van der Waals surface area contributed by atoms with Gasteiger partial charge in [-0.2, -0.15) is 0 Å². The minimum absolute atomic E-state index is 0.0318. The highest BCUT2D eigenvalue weighted by Gasteiger charge is 2.33. The number of aliphatic carboxylic acids is 1. The van der Waals surface area contributed by atoms with Crippen LogP contribution in [0, 0.1) is 5.82 Å². The van der Waals surface area contributed by atoms with Crippen LogP contribution in [0.3, 0.4) is 0 Å². The summed E-state index contributed by atoms with van der Waals surface area (Å²) in [4.78, 5) is 11.7. The molecule has 29 heavy (non-hydrogen) atoms. The molecule has 4 nitrogen and oxygen atoms in total. The van der Waals surface area contributed by atoms with Crippen molar-refractivity contribution in [3.05, 3.63) is 82.6 Å². The molecule has 0 radical (unpaired) electrons. The molecule has 3 N–H and O–H groups in total. The maximum Gasteiger partial charge on any atom is 0.312 e. The Balaban J connectivity index is 1.73. The van der Waals surface area contributed by atoms with Crippen LogP contribution >= 0.6 is 11.6 Å². The van der Waals surface area contributed by atoms with Crippen molar-refractivity contribution < 1.29 is 19.0 Å². The highest BCUT2D eigenvalue weighted by atomic mass is 35.5. The molecule has 0 bridgehead atoms. The van der Waals surface area contributed by atoms with Gasteiger partial charge in [-0.05, 0) is 48.2 Å². The Morgan fingerprint density at radius 3 is 2.66 bits per heavy atom. The number of halogens is 2. The third kappa shape index (κ3) is 3.71. The number of hydrogen-bond acceptors (Lipinski definition) is 3. The quantitative estimate of drug-likeness (QED) is 0.604. The standard InChI is InChI=1S/C23H19ClFNO3/c24-18-6-3-5-16(22(18)25)15-4-1-2-7-20(15)29-14-10-8-13-9-11-19(26)21(23(27)28)17(13)12-14/h1-8,10,12,19,21H,9,11,26H2,(H,27,28). The van der Waals surface area contributed by atoms with Crippen molar-refractivity contribution >= 4 is 17.6 Å². The van der Waals surface area contributed by atoms with E-state index in [1.165, 1.54) is 6.07 Å². The molecule has 0 aliphatic heterocycles. The van der Waals surface area contributed by atoms with Crippen LogP contribution in [-0.4, -0.2) is 17.1 Å². The SMILES string of the molecule is NC1CCc2ccc(Oc3ccccc3-c3cccc(Cl)c3F)cc2C1C(=O)O. The van der Waals surface area contributed by atoms with Crippen molar-refractivity contribution in [3.8, 4) is 22.6 Å². The van der Waals surface area contributed by atoms with E-state index in [2.05, 4.69) is 0 Å². The molecule has 2 unspecified atom stereocenters. The summed E-state index contributed by atoms with van der Waals surface area (Å²) >= 11 is 5.93. The van der Waals surface area contributed by atoms with Crippen molar-refractivity contribution in [1.82, 2.24) is 0 Å². The third-order valence-corrected chi connectivity index (χ3v) is 5.54. The lowest BCUT2D eigenvalue weighted by Crippen LogP contribution is -2.37. The van der Waals surface area contributed by atoms with Crippen LogP contribution in [-0.2, 0) is 11.2 Å². The van der Waals surface area contributed by atoms with Crippen molar-refractivity contribution in [2.24, 2.45) is 5.73 Å². The van der Waals surface area contributed by atoms with Gasteiger partial charge < -0.3 is 15.6 Å². The number of benzene rings is 3. The minimum atomic E-state index is -0.947. The van der Waals surface area contributed by atoms with Crippen LogP contribution in [0.1, 0.15) is 23.5 Å². The molecule has 1 aliphatic rings. The largest absolute Gasteiger partial charge is 0.481 e. The smallest absolute Gasteiger partial charge is 0.312 e. The van der Waals surface area contributed by atoms with E-state index in [0.717, 1.165) is 12.0 Å². The Kier molecular flexibility index (Phi) is 5.26. The zero-order valence-electron chi connectivity index (χ0n) is 15.4. The van der Waals surface area contributed by atoms with E-state index in [4.69, 9.17) is 22.1 Å². The molecular weight excluding hydrogens is 393 g/mol. The monoisotopic (exact) mass is 411 g/mol. The summed E-state index contributed by atoms with van der Waals surface area (Å²) in [7, 11) is 0. The second-order valence-electron chi connectivity index (χ2n) is 7.08. The number of carboxylic acids is 1. The van der Waals surface area contributed by atoms with E-state index in [-0.39, 0.29) is 5.02 Å². The molecule has 4 rings (SSSR count). The van der Waals surface area contributed by atoms with Gasteiger partial charge in [0.05, 0.1) is 10.9 Å². The fourth-order valence-corrected chi connectivity index (χ4v) is 3.98. The van der Waals surface area contributed by atoms with E-state index in [1.807, 2.05) is 6.07 Å². The summed E-state index contributed by atoms with van der Waals surface area (Å²) in [5, 5.41) is 9.64. The molecule has 0 amide bonds. The fourth-order valence-electron chi connectivity index (χ4n) is 3.81. The lowest BCUT2D eigenvalue weighted by Gasteiger charge is -2.28. The van der Waals surface area contributed by atoms with Crippen LogP contribution in [0.5, 0.6) is 11.5 Å². The number of nitrogens with two attached hydrogens (primary N) is 1. The molecule has 0 saturated carbocycles. The molecule has 2 atom stereocenters. The second kappa shape index (κ2) is 7.85. The molecule has 3 aromatic carbocycles. The van der Waals surface area contributed by atoms with Crippen LogP contribution in [0.25, 0.3) is 11.1 Å². The van der Waals surface area contributed by atoms with Gasteiger partial charge in [-0.15, -0.1) is 0 Å². The Bertz CT molecular complexity index is 1090. The maximum atomic E-state index is 14.5. The van der Waals surface area contributed by atoms with Gasteiger partial charge in [-0.3, -0.25) is 4.79 Å². The summed E-state index contributed by atoms with van der Waals surface area (Å²) < 4.78 is 20.6. The van der Waals surface area contributed by atoms with Crippen molar-refractivity contribution in [3.63, 3.8) is 0 Å². The highest BCUT2D eigenvalue weighted by molar-refractivity contribution is 6.31. The summed E-state index contributed by atoms with van der Waals surface area (Å²) in [6.07, 6.45) is 1.35. The fraction of sp³-hybridized carbons (Fsp3) is 0.174. The van der Waals surface area contributed by atoms with Crippen molar-refractivity contribution in [2.75, 3.05) is 0 Å². The molecule has 0 fully saturated rings. The molecule has 0 spiro atoms. The second-order valence-corrected chi connectivity index (χ2v) is 7.49. The first-order valence-electron chi connectivity index (χ1n) is 9.28. The lowest BCUT2D eigenvalue weighted by molar-refractivity contribution is -0.139. The average Bonchev–Trinajstić information content (AvgIpc) is 2.70. The zero-order valence-corrected chi connectivity index (χ0v) is 16.2. The van der Waals surface area contributed by atoms with Gasteiger partial charge in [0.15, 0.2) is 0 Å². The maximum absolute atomic E-state index is 14.5. The number of carbonyl (C=O) groups is 1. The molecule has 3 aromatic rings. The van der Waals surface area contributed by atoms with Crippen LogP contribution < -0.4 is 10.5 Å². The van der Waals surface area contributed by atoms with Gasteiger partial charge in [0.1, 0.15) is 17.3 Å². The van der Waals surface area contributed by atoms with Crippen LogP contribution in [0.4, 0.5) is 4.39 Å². The summed E-state index contributed by atoms with van der Waals surface area (Å²) in [6.45, 7) is 0. The van der Waals surface area contributed by atoms with E-state index in [0.29, 0.717) is 34.6 Å². The first kappa shape index (κ1) is 19.4. The lowest BCUT2D eigenvalue weighted by atomic mass is 9.79. The first-order valence-corrected chi connectivity index (χ1v) is 9.66. The number of hydrogen-bond donors (Lipinski definition) is 2. The Hall–Kier alpha value is -2.89. The predicted octanol–water partition coefficient (Wildman–Crippen LogP) is 5.38. The number of ether oxygens (including phenoxy) is 1. The average molecular weight is 412 g/mol. The zero-order chi connectivity index (χ0) is 20.5. The van der Waals surface area contributed by atoms with E-state index < -0.39 is 23.7 Å². The minimum Gasteiger partial charge on any atom is -0.481 e. The Morgan fingerprint density at radius 1 is 1.10 bits per heavy atom. The van der Waals surface area contributed by atoms with E-state index in [9.17, 15) is 14.3 Å². The summed E-state index contributed by atoms with van der Waals surface area (Å²) in [5.74, 6) is -1.33. The molecule has 0 aromatic heterocycles. The van der Waals surface area contributed by atoms with Gasteiger partial charge in [0.2, 0.25) is 0 Å². The molecule has 1 aliphatic carbocycles. The molecule has 0 heterocycles. The number of rotatable bonds is 4. The number of fused-ring (bicyclic) bond motifs is 1. The van der Waals surface area contributed by atoms with Crippen LogP contribution in [0.15, 0.2) is 60.7 Å². The Labute approximate surface area is 172 Å². The number of carboxylic acid groups (broad SMARTS) is 1. The first-order chi connectivity index (χ1) is 14.0. The van der Waals surface area contributed by atoms with E-state index >= 15 is 0 Å². The highest BCUT2D eigenvalue weighted by Crippen LogP contribution is 2.39. The topological polar surface area (TPSA) is 72.5 Å². The predicted molar refractivity (Wildman–Crippen MR) is 110 cm³/mol. The number of aryl methyl sites for hydroxylation is 1. The molecule has 6 heteroatoms. The Morgan fingerprint density at radius 2 is 1.86 bits per heavy atom. The van der Waals surface area contributed by atoms with E-state index in [1.54, 1.807) is 48.5 Å². The van der Waals surface area contributed by atoms with Crippen molar-refractivity contribution in [1.29, 1.82) is 0 Å². The summed E-state index contributed by atoms with van der Waals surface area (Å²) in [5.41, 5.74) is 8.56. The van der Waals surface area contributed by atoms with Crippen molar-refractivity contribution in [2.45, 2.75) is 24.8 Å². The van der Waals surface area contributed by atoms with Gasteiger partial charge in [0, 0.05) is 17.2 Å². The number of para-hydroxylation sites is 1. The summed E-state index contributed by atoms with van der Waals surface area (Å²) in [6, 6.07) is 16.8. The molecule has 0 saturated heterocycles. The van der Waals surface area contributed by atoms with Gasteiger partial charge in [-0.1, -0.05) is 48.0 Å². The van der Waals surface area contributed by atoms with Crippen LogP contribution in [0.2, 0.25) is 5.02 Å². The molecule has 148 valence electrons. The van der Waals surface area contributed by atoms with Gasteiger partial charge in [-0.25, -0.2) is 4.39 Å². The van der Waals surface area contributed by atoms with Gasteiger partial charge >= 0.3 is 5.97 Å². The third-order valence-electron chi connectivity index (χ3n) is 5.25. The normalized spacial score (nSPS) is 18.2. The van der Waals surface area contributed by atoms with Gasteiger partial charge in [0.25, 0.3) is 0 Å². The molecular formula is C23H19ClFNO3.